The molecular weight excluding hydrogens is 733 g/mol. The van der Waals surface area contributed by atoms with Crippen LogP contribution < -0.4 is 25.8 Å². The average Bonchev–Trinajstić information content (AvgIpc) is 3.24. The second-order valence-corrected chi connectivity index (χ2v) is 16.1. The third-order valence-corrected chi connectivity index (χ3v) is 12.3. The van der Waals surface area contributed by atoms with Crippen LogP contribution in [0.3, 0.4) is 0 Å². The molecule has 4 saturated heterocycles. The van der Waals surface area contributed by atoms with Crippen molar-refractivity contribution >= 4 is 40.7 Å². The highest BCUT2D eigenvalue weighted by Gasteiger charge is 2.33. The summed E-state index contributed by atoms with van der Waals surface area (Å²) in [4.78, 5) is 54.7. The van der Waals surface area contributed by atoms with E-state index < -0.39 is 11.9 Å². The Morgan fingerprint density at radius 2 is 1.60 bits per heavy atom. The van der Waals surface area contributed by atoms with Crippen molar-refractivity contribution in [1.29, 1.82) is 0 Å². The van der Waals surface area contributed by atoms with Gasteiger partial charge in [0.2, 0.25) is 23.7 Å². The zero-order valence-electron chi connectivity index (χ0n) is 32.4. The lowest BCUT2D eigenvalue weighted by Gasteiger charge is -2.40. The molecule has 5 aliphatic rings. The molecule has 3 amide bonds. The predicted molar refractivity (Wildman–Crippen MR) is 214 cm³/mol. The number of hydrogen-bond acceptors (Lipinski definition) is 11. The first-order valence-electron chi connectivity index (χ1n) is 20.6. The van der Waals surface area contributed by atoms with E-state index in [2.05, 4.69) is 40.6 Å². The van der Waals surface area contributed by atoms with Gasteiger partial charge in [0.05, 0.1) is 25.1 Å². The monoisotopic (exact) mass is 785 g/mol. The lowest BCUT2D eigenvalue weighted by Crippen LogP contribution is -2.49. The van der Waals surface area contributed by atoms with E-state index >= 15 is 4.39 Å². The number of piperidine rings is 2. The van der Waals surface area contributed by atoms with Gasteiger partial charge in [-0.1, -0.05) is 12.1 Å². The summed E-state index contributed by atoms with van der Waals surface area (Å²) in [5.41, 5.74) is 3.08. The van der Waals surface area contributed by atoms with Crippen LogP contribution in [0.1, 0.15) is 51.4 Å². The molecule has 5 fully saturated rings. The highest BCUT2D eigenvalue weighted by molar-refractivity contribution is 6.01. The van der Waals surface area contributed by atoms with Crippen molar-refractivity contribution in [2.24, 2.45) is 11.8 Å². The summed E-state index contributed by atoms with van der Waals surface area (Å²) in [5, 5.41) is 8.79. The molecule has 8 rings (SSSR count). The maximum Gasteiger partial charge on any atom is 0.249 e. The summed E-state index contributed by atoms with van der Waals surface area (Å²) in [7, 11) is 0. The molecule has 5 heterocycles. The molecule has 3 aromatic rings. The molecule has 2 aromatic carbocycles. The van der Waals surface area contributed by atoms with Crippen LogP contribution in [0.2, 0.25) is 0 Å². The summed E-state index contributed by atoms with van der Waals surface area (Å²) in [6, 6.07) is 12.3. The van der Waals surface area contributed by atoms with E-state index in [0.717, 1.165) is 90.0 Å². The van der Waals surface area contributed by atoms with E-state index in [1.807, 2.05) is 29.2 Å². The molecule has 57 heavy (non-hydrogen) atoms. The number of morpholine rings is 1. The van der Waals surface area contributed by atoms with Gasteiger partial charge in [-0.15, -0.1) is 0 Å². The van der Waals surface area contributed by atoms with E-state index in [1.165, 1.54) is 12.3 Å². The van der Waals surface area contributed by atoms with Gasteiger partial charge in [0.15, 0.2) is 5.82 Å². The Bertz CT molecular complexity index is 1910. The molecule has 13 nitrogen and oxygen atoms in total. The van der Waals surface area contributed by atoms with Crippen molar-refractivity contribution in [3.63, 3.8) is 0 Å². The molecular formula is C42H53F2N9O4. The molecule has 1 saturated carbocycles. The van der Waals surface area contributed by atoms with E-state index in [4.69, 9.17) is 4.74 Å². The first kappa shape index (κ1) is 39.0. The van der Waals surface area contributed by atoms with Gasteiger partial charge >= 0.3 is 0 Å². The second kappa shape index (κ2) is 17.7. The molecule has 1 aliphatic carbocycles. The largest absolute Gasteiger partial charge is 0.378 e. The van der Waals surface area contributed by atoms with E-state index in [9.17, 15) is 18.8 Å². The number of halogens is 2. The van der Waals surface area contributed by atoms with Gasteiger partial charge in [-0.3, -0.25) is 24.6 Å². The van der Waals surface area contributed by atoms with Crippen LogP contribution in [-0.4, -0.2) is 122 Å². The molecule has 15 heteroatoms. The van der Waals surface area contributed by atoms with Crippen molar-refractivity contribution < 1.29 is 27.9 Å². The van der Waals surface area contributed by atoms with Crippen LogP contribution in [-0.2, 0) is 19.1 Å². The SMILES string of the molecule is O=C1CCC(Nc2ccc(N3CCN(CC4CCC(C(=O)N5CCC(Nc6ncc(F)c(-c7cccc(N8CCOCC8)c7)n6)CC5)CC4)CC3)c(F)c2)C(=O)N1. The Morgan fingerprint density at radius 3 is 2.33 bits per heavy atom. The van der Waals surface area contributed by atoms with Gasteiger partial charge in [0, 0.05) is 94.2 Å². The fourth-order valence-corrected chi connectivity index (χ4v) is 9.01. The predicted octanol–water partition coefficient (Wildman–Crippen LogP) is 4.51. The molecule has 3 N–H and O–H groups in total. The van der Waals surface area contributed by atoms with Crippen molar-refractivity contribution in [2.45, 2.75) is 63.5 Å². The number of nitrogens with one attached hydrogen (secondary N) is 3. The molecule has 0 spiro atoms. The molecule has 0 bridgehead atoms. The Labute approximate surface area is 332 Å². The Morgan fingerprint density at radius 1 is 0.825 bits per heavy atom. The standard InChI is InChI=1S/C42H53F2N9O4/c43-34-25-32(46-36-9-11-38(54)48-40(36)55)8-10-37(34)52-18-16-50(17-19-52)27-28-4-6-29(7-5-28)41(56)53-14-12-31(13-15-53)47-42-45-26-35(44)39(49-42)30-2-1-3-33(24-30)51-20-22-57-23-21-51/h1-3,8,10,24-26,28-29,31,36,46H,4-7,9,11-23,27H2,(H,45,47,49)(H,48,54,55). The van der Waals surface area contributed by atoms with E-state index in [1.54, 1.807) is 12.1 Å². The number of carbonyl (C=O) groups excluding carboxylic acids is 3. The zero-order chi connectivity index (χ0) is 39.3. The zero-order valence-corrected chi connectivity index (χ0v) is 32.4. The number of carbonyl (C=O) groups is 3. The Balaban J connectivity index is 0.751. The third-order valence-electron chi connectivity index (χ3n) is 12.3. The number of likely N-dealkylation sites (tertiary alicyclic amines) is 1. The Hall–Kier alpha value is -4.89. The summed E-state index contributed by atoms with van der Waals surface area (Å²) in [6.07, 6.45) is 7.32. The number of ether oxygens (including phenoxy) is 1. The van der Waals surface area contributed by atoms with Gasteiger partial charge in [0.25, 0.3) is 0 Å². The number of imide groups is 1. The smallest absolute Gasteiger partial charge is 0.249 e. The number of aromatic nitrogens is 2. The van der Waals surface area contributed by atoms with Crippen molar-refractivity contribution in [1.82, 2.24) is 25.1 Å². The molecule has 0 radical (unpaired) electrons. The number of hydrogen-bond donors (Lipinski definition) is 3. The number of anilines is 4. The summed E-state index contributed by atoms with van der Waals surface area (Å²) in [5.74, 6) is -0.178. The Kier molecular flexibility index (Phi) is 12.1. The first-order valence-corrected chi connectivity index (χ1v) is 20.6. The molecule has 1 atom stereocenters. The lowest BCUT2D eigenvalue weighted by atomic mass is 9.80. The normalized spacial score (nSPS) is 24.0. The van der Waals surface area contributed by atoms with Gasteiger partial charge < -0.3 is 30.1 Å². The van der Waals surface area contributed by atoms with Crippen LogP contribution in [0.25, 0.3) is 11.3 Å². The van der Waals surface area contributed by atoms with Crippen molar-refractivity contribution in [3.8, 4) is 11.3 Å². The van der Waals surface area contributed by atoms with Crippen molar-refractivity contribution in [2.75, 3.05) is 92.5 Å². The highest BCUT2D eigenvalue weighted by atomic mass is 19.1. The van der Waals surface area contributed by atoms with Crippen LogP contribution in [0.4, 0.5) is 31.8 Å². The van der Waals surface area contributed by atoms with E-state index in [0.29, 0.717) is 61.5 Å². The van der Waals surface area contributed by atoms with Crippen LogP contribution >= 0.6 is 0 Å². The highest BCUT2D eigenvalue weighted by Crippen LogP contribution is 2.33. The van der Waals surface area contributed by atoms with Gasteiger partial charge in [-0.05, 0) is 81.2 Å². The van der Waals surface area contributed by atoms with Crippen molar-refractivity contribution in [3.05, 3.63) is 60.3 Å². The maximum absolute atomic E-state index is 15.2. The van der Waals surface area contributed by atoms with E-state index in [-0.39, 0.29) is 47.6 Å². The second-order valence-electron chi connectivity index (χ2n) is 16.1. The minimum absolute atomic E-state index is 0.0641. The topological polar surface area (TPSA) is 135 Å². The van der Waals surface area contributed by atoms with Gasteiger partial charge in [-0.2, -0.15) is 0 Å². The minimum Gasteiger partial charge on any atom is -0.378 e. The lowest BCUT2D eigenvalue weighted by molar-refractivity contribution is -0.138. The molecule has 4 aliphatic heterocycles. The summed E-state index contributed by atoms with van der Waals surface area (Å²) < 4.78 is 35.6. The van der Waals surface area contributed by atoms with Crippen LogP contribution in [0.5, 0.6) is 0 Å². The summed E-state index contributed by atoms with van der Waals surface area (Å²) in [6.45, 7) is 8.45. The number of amides is 3. The number of benzene rings is 2. The fourth-order valence-electron chi connectivity index (χ4n) is 9.01. The maximum atomic E-state index is 15.2. The quantitative estimate of drug-likeness (QED) is 0.251. The van der Waals surface area contributed by atoms with Crippen LogP contribution in [0.15, 0.2) is 48.7 Å². The number of nitrogens with zero attached hydrogens (tertiary/aromatic N) is 6. The number of piperazine rings is 1. The number of rotatable bonds is 10. The average molecular weight is 786 g/mol. The third kappa shape index (κ3) is 9.47. The van der Waals surface area contributed by atoms with Gasteiger partial charge in [-0.25, -0.2) is 18.7 Å². The fraction of sp³-hybridized carbons (Fsp3) is 0.548. The molecule has 1 unspecified atom stereocenters. The minimum atomic E-state index is -0.554. The van der Waals surface area contributed by atoms with Gasteiger partial charge in [0.1, 0.15) is 17.6 Å². The van der Waals surface area contributed by atoms with Crippen LogP contribution in [0, 0.1) is 23.5 Å². The summed E-state index contributed by atoms with van der Waals surface area (Å²) >= 11 is 0. The molecule has 304 valence electrons. The first-order chi connectivity index (χ1) is 27.8. The molecule has 1 aromatic heterocycles.